The van der Waals surface area contributed by atoms with Crippen LogP contribution in [0.5, 0.6) is 5.75 Å². The second-order valence-corrected chi connectivity index (χ2v) is 7.55. The third-order valence-corrected chi connectivity index (χ3v) is 5.57. The van der Waals surface area contributed by atoms with E-state index in [0.717, 1.165) is 35.1 Å². The van der Waals surface area contributed by atoms with Gasteiger partial charge in [-0.3, -0.25) is 4.90 Å². The summed E-state index contributed by atoms with van der Waals surface area (Å²) in [5.74, 6) is 0.533. The lowest BCUT2D eigenvalue weighted by Gasteiger charge is -2.38. The third kappa shape index (κ3) is 4.22. The number of hydrogen-bond acceptors (Lipinski definition) is 5. The third-order valence-electron chi connectivity index (χ3n) is 5.57. The first kappa shape index (κ1) is 19.3. The molecule has 1 N–H and O–H groups in total. The van der Waals surface area contributed by atoms with Crippen LogP contribution in [0.3, 0.4) is 0 Å². The number of fused-ring (bicyclic) bond motifs is 1. The summed E-state index contributed by atoms with van der Waals surface area (Å²) in [6, 6.07) is 13.7. The minimum Gasteiger partial charge on any atom is -0.478 e. The van der Waals surface area contributed by atoms with Crippen LogP contribution in [0, 0.1) is 0 Å². The van der Waals surface area contributed by atoms with Gasteiger partial charge in [0.25, 0.3) is 0 Å². The topological polar surface area (TPSA) is 75.6 Å². The van der Waals surface area contributed by atoms with Crippen LogP contribution < -0.4 is 4.74 Å². The lowest BCUT2D eigenvalue weighted by Crippen LogP contribution is -2.53. The van der Waals surface area contributed by atoms with Gasteiger partial charge in [0, 0.05) is 56.9 Å². The van der Waals surface area contributed by atoms with E-state index in [1.165, 1.54) is 0 Å². The standard InChI is InChI=1S/C23H25N3O3/c1-2-21-24-14-17(15-25-21)16-26-11-9-23(10-12-26,22(27)28)29-20-8-7-18-5-3-4-6-19(18)13-20/h3-8,13-15H,2,9-12,16H2,1H3,(H,27,28). The summed E-state index contributed by atoms with van der Waals surface area (Å²) >= 11 is 0. The molecule has 1 saturated heterocycles. The predicted molar refractivity (Wildman–Crippen MR) is 111 cm³/mol. The second-order valence-electron chi connectivity index (χ2n) is 7.55. The first-order valence-electron chi connectivity index (χ1n) is 10.0. The number of nitrogens with zero attached hydrogens (tertiary/aromatic N) is 3. The van der Waals surface area contributed by atoms with Crippen LogP contribution in [0.15, 0.2) is 54.9 Å². The molecule has 1 aliphatic heterocycles. The van der Waals surface area contributed by atoms with Crippen LogP contribution in [0.25, 0.3) is 10.8 Å². The number of aryl methyl sites for hydroxylation is 1. The summed E-state index contributed by atoms with van der Waals surface area (Å²) in [6.07, 6.45) is 5.40. The van der Waals surface area contributed by atoms with Crippen LogP contribution in [-0.4, -0.2) is 44.6 Å². The summed E-state index contributed by atoms with van der Waals surface area (Å²) in [4.78, 5) is 23.0. The van der Waals surface area contributed by atoms with Gasteiger partial charge in [-0.2, -0.15) is 0 Å². The lowest BCUT2D eigenvalue weighted by atomic mass is 9.90. The van der Waals surface area contributed by atoms with Gasteiger partial charge in [0.05, 0.1) is 0 Å². The van der Waals surface area contributed by atoms with Gasteiger partial charge in [-0.25, -0.2) is 14.8 Å². The van der Waals surface area contributed by atoms with Gasteiger partial charge >= 0.3 is 5.97 Å². The first-order chi connectivity index (χ1) is 14.1. The highest BCUT2D eigenvalue weighted by Crippen LogP contribution is 2.31. The number of carboxylic acid groups (broad SMARTS) is 1. The molecule has 29 heavy (non-hydrogen) atoms. The Balaban J connectivity index is 1.44. The normalized spacial score (nSPS) is 16.6. The van der Waals surface area contributed by atoms with Crippen molar-refractivity contribution in [1.82, 2.24) is 14.9 Å². The zero-order chi connectivity index (χ0) is 20.3. The first-order valence-corrected chi connectivity index (χ1v) is 10.0. The van der Waals surface area contributed by atoms with Crippen LogP contribution in [0.2, 0.25) is 0 Å². The van der Waals surface area contributed by atoms with Crippen molar-refractivity contribution < 1.29 is 14.6 Å². The number of rotatable bonds is 6. The Bertz CT molecular complexity index is 996. The summed E-state index contributed by atoms with van der Waals surface area (Å²) in [6.45, 7) is 4.04. The van der Waals surface area contributed by atoms with E-state index in [2.05, 4.69) is 14.9 Å². The minimum absolute atomic E-state index is 0.434. The van der Waals surface area contributed by atoms with E-state index in [4.69, 9.17) is 4.74 Å². The van der Waals surface area contributed by atoms with Crippen molar-refractivity contribution in [3.8, 4) is 5.75 Å². The Hall–Kier alpha value is -2.99. The van der Waals surface area contributed by atoms with Gasteiger partial charge in [0.1, 0.15) is 11.6 Å². The molecule has 150 valence electrons. The lowest BCUT2D eigenvalue weighted by molar-refractivity contribution is -0.159. The maximum absolute atomic E-state index is 12.1. The van der Waals surface area contributed by atoms with Crippen molar-refractivity contribution in [2.75, 3.05) is 13.1 Å². The number of hydrogen-bond donors (Lipinski definition) is 1. The van der Waals surface area contributed by atoms with Crippen molar-refractivity contribution in [2.45, 2.75) is 38.3 Å². The number of likely N-dealkylation sites (tertiary alicyclic amines) is 1. The fraction of sp³-hybridized carbons (Fsp3) is 0.348. The van der Waals surface area contributed by atoms with E-state index in [0.29, 0.717) is 31.7 Å². The van der Waals surface area contributed by atoms with E-state index in [-0.39, 0.29) is 0 Å². The molecule has 2 aromatic carbocycles. The fourth-order valence-electron chi connectivity index (χ4n) is 3.79. The number of carbonyl (C=O) groups is 1. The van der Waals surface area contributed by atoms with Crippen LogP contribution in [0.1, 0.15) is 31.2 Å². The second kappa shape index (κ2) is 8.17. The Kier molecular flexibility index (Phi) is 5.45. The Morgan fingerprint density at radius 2 is 1.79 bits per heavy atom. The Morgan fingerprint density at radius 1 is 1.10 bits per heavy atom. The van der Waals surface area contributed by atoms with E-state index in [9.17, 15) is 9.90 Å². The molecular formula is C23H25N3O3. The van der Waals surface area contributed by atoms with Gasteiger partial charge in [0.2, 0.25) is 5.60 Å². The molecule has 0 radical (unpaired) electrons. The van der Waals surface area contributed by atoms with Gasteiger partial charge < -0.3 is 9.84 Å². The molecule has 0 amide bonds. The largest absolute Gasteiger partial charge is 0.478 e. The molecule has 0 atom stereocenters. The quantitative estimate of drug-likeness (QED) is 0.691. The van der Waals surface area contributed by atoms with Crippen molar-refractivity contribution in [1.29, 1.82) is 0 Å². The van der Waals surface area contributed by atoms with Gasteiger partial charge in [0.15, 0.2) is 0 Å². The molecule has 4 rings (SSSR count). The van der Waals surface area contributed by atoms with Crippen LogP contribution in [0.4, 0.5) is 0 Å². The van der Waals surface area contributed by atoms with Crippen molar-refractivity contribution >= 4 is 16.7 Å². The number of piperidine rings is 1. The Labute approximate surface area is 170 Å². The number of benzene rings is 2. The number of aromatic nitrogens is 2. The molecule has 2 heterocycles. The van der Waals surface area contributed by atoms with Crippen molar-refractivity contribution in [2.24, 2.45) is 0 Å². The van der Waals surface area contributed by atoms with E-state index >= 15 is 0 Å². The van der Waals surface area contributed by atoms with Crippen molar-refractivity contribution in [3.63, 3.8) is 0 Å². The van der Waals surface area contributed by atoms with E-state index in [1.54, 1.807) is 0 Å². The smallest absolute Gasteiger partial charge is 0.348 e. The molecule has 0 spiro atoms. The van der Waals surface area contributed by atoms with Gasteiger partial charge in [-0.1, -0.05) is 37.3 Å². The van der Waals surface area contributed by atoms with Crippen molar-refractivity contribution in [3.05, 3.63) is 66.2 Å². The molecule has 1 aromatic heterocycles. The minimum atomic E-state index is -1.19. The Morgan fingerprint density at radius 3 is 2.45 bits per heavy atom. The maximum Gasteiger partial charge on any atom is 0.348 e. The molecule has 3 aromatic rings. The summed E-state index contributed by atoms with van der Waals surface area (Å²) < 4.78 is 6.09. The highest BCUT2D eigenvalue weighted by molar-refractivity contribution is 5.84. The SMILES string of the molecule is CCc1ncc(CN2CCC(Oc3ccc4ccccc4c3)(C(=O)O)CC2)cn1. The summed E-state index contributed by atoms with van der Waals surface area (Å²) in [5, 5.41) is 12.1. The highest BCUT2D eigenvalue weighted by Gasteiger charge is 2.44. The maximum atomic E-state index is 12.1. The molecule has 0 unspecified atom stereocenters. The molecule has 6 heteroatoms. The average Bonchev–Trinajstić information content (AvgIpc) is 2.75. The zero-order valence-corrected chi connectivity index (χ0v) is 16.5. The van der Waals surface area contributed by atoms with Crippen LogP contribution in [-0.2, 0) is 17.8 Å². The molecular weight excluding hydrogens is 366 g/mol. The predicted octanol–water partition coefficient (Wildman–Crippen LogP) is 3.69. The zero-order valence-electron chi connectivity index (χ0n) is 16.5. The van der Waals surface area contributed by atoms with Crippen LogP contribution >= 0.6 is 0 Å². The number of aliphatic carboxylic acids is 1. The molecule has 0 bridgehead atoms. The molecule has 1 aliphatic rings. The molecule has 0 aliphatic carbocycles. The molecule has 1 fully saturated rings. The molecule has 6 nitrogen and oxygen atoms in total. The molecule has 0 saturated carbocycles. The summed E-state index contributed by atoms with van der Waals surface area (Å²) in [7, 11) is 0. The average molecular weight is 391 g/mol. The van der Waals surface area contributed by atoms with E-state index < -0.39 is 11.6 Å². The monoisotopic (exact) mass is 391 g/mol. The van der Waals surface area contributed by atoms with Gasteiger partial charge in [-0.15, -0.1) is 0 Å². The number of ether oxygens (including phenoxy) is 1. The highest BCUT2D eigenvalue weighted by atomic mass is 16.5. The number of carboxylic acids is 1. The summed E-state index contributed by atoms with van der Waals surface area (Å²) in [5.41, 5.74) is -0.151. The fourth-order valence-corrected chi connectivity index (χ4v) is 3.79. The van der Waals surface area contributed by atoms with E-state index in [1.807, 2.05) is 61.8 Å². The van der Waals surface area contributed by atoms with Gasteiger partial charge in [-0.05, 0) is 22.9 Å².